The van der Waals surface area contributed by atoms with Gasteiger partial charge in [0.05, 0.1) is 7.11 Å². The molecule has 2 nitrogen and oxygen atoms in total. The molecule has 0 saturated heterocycles. The molecule has 0 aromatic carbocycles. The van der Waals surface area contributed by atoms with E-state index in [1.807, 2.05) is 19.1 Å². The molecule has 0 bridgehead atoms. The Morgan fingerprint density at radius 2 is 2.20 bits per heavy atom. The second-order valence-electron chi connectivity index (χ2n) is 1.84. The van der Waals surface area contributed by atoms with Gasteiger partial charge in [-0.1, -0.05) is 0 Å². The summed E-state index contributed by atoms with van der Waals surface area (Å²) in [5.74, 6) is 0.863. The number of aryl methyl sites for hydroxylation is 1. The Bertz CT molecular complexity index is 203. The molecule has 56 valence electrons. The van der Waals surface area contributed by atoms with Gasteiger partial charge >= 0.3 is 0 Å². The molecule has 0 atom stereocenters. The van der Waals surface area contributed by atoms with Crippen LogP contribution in [0.3, 0.4) is 0 Å². The third kappa shape index (κ3) is 2.23. The lowest BCUT2D eigenvalue weighted by molar-refractivity contribution is 0.414. The Balaban J connectivity index is 0.000000810. The zero-order chi connectivity index (χ0) is 6.69. The molecule has 0 N–H and O–H groups in total. The van der Waals surface area contributed by atoms with Crippen molar-refractivity contribution in [1.82, 2.24) is 4.98 Å². The number of rotatable bonds is 1. The molecule has 0 aliphatic heterocycles. The first kappa shape index (κ1) is 9.24. The van der Waals surface area contributed by atoms with Crippen molar-refractivity contribution in [3.63, 3.8) is 0 Å². The van der Waals surface area contributed by atoms with Crippen LogP contribution < -0.4 is 4.74 Å². The third-order valence-corrected chi connectivity index (χ3v) is 1.10. The standard InChI is InChI=1S/C7H9NO.ClH/c1-6-5-7(9-2)3-4-8-6;/h3-5H,1-2H3;1H. The maximum Gasteiger partial charge on any atom is 0.122 e. The van der Waals surface area contributed by atoms with Crippen LogP contribution >= 0.6 is 12.4 Å². The van der Waals surface area contributed by atoms with Crippen molar-refractivity contribution in [3.8, 4) is 5.75 Å². The van der Waals surface area contributed by atoms with Crippen LogP contribution in [-0.2, 0) is 0 Å². The zero-order valence-electron chi connectivity index (χ0n) is 6.00. The highest BCUT2D eigenvalue weighted by molar-refractivity contribution is 5.85. The second kappa shape index (κ2) is 4.12. The van der Waals surface area contributed by atoms with Gasteiger partial charge in [0.2, 0.25) is 0 Å². The lowest BCUT2D eigenvalue weighted by Crippen LogP contribution is -1.84. The molecule has 1 heterocycles. The Morgan fingerprint density at radius 3 is 2.60 bits per heavy atom. The molecule has 0 radical (unpaired) electrons. The van der Waals surface area contributed by atoms with Crippen LogP contribution in [0.15, 0.2) is 18.3 Å². The van der Waals surface area contributed by atoms with Gasteiger partial charge in [-0.2, -0.15) is 0 Å². The quantitative estimate of drug-likeness (QED) is 0.624. The van der Waals surface area contributed by atoms with Gasteiger partial charge in [0.25, 0.3) is 0 Å². The van der Waals surface area contributed by atoms with Gasteiger partial charge < -0.3 is 4.74 Å². The fourth-order valence-electron chi connectivity index (χ4n) is 0.647. The minimum Gasteiger partial charge on any atom is -0.497 e. The molecule has 0 saturated carbocycles. The van der Waals surface area contributed by atoms with Crippen molar-refractivity contribution in [2.45, 2.75) is 6.92 Å². The van der Waals surface area contributed by atoms with Crippen LogP contribution in [-0.4, -0.2) is 12.1 Å². The van der Waals surface area contributed by atoms with Crippen molar-refractivity contribution in [1.29, 1.82) is 0 Å². The Morgan fingerprint density at radius 1 is 1.50 bits per heavy atom. The van der Waals surface area contributed by atoms with Crippen LogP contribution in [0.4, 0.5) is 0 Å². The maximum absolute atomic E-state index is 4.96. The van der Waals surface area contributed by atoms with Gasteiger partial charge in [-0.15, -0.1) is 12.4 Å². The average Bonchev–Trinajstić information content (AvgIpc) is 1.88. The van der Waals surface area contributed by atoms with E-state index in [1.54, 1.807) is 13.3 Å². The summed E-state index contributed by atoms with van der Waals surface area (Å²) >= 11 is 0. The SMILES string of the molecule is COc1ccnc(C)c1.Cl. The minimum absolute atomic E-state index is 0. The minimum atomic E-state index is 0. The Kier molecular flexibility index (Phi) is 3.81. The number of methoxy groups -OCH3 is 1. The summed E-state index contributed by atoms with van der Waals surface area (Å²) in [4.78, 5) is 4.01. The summed E-state index contributed by atoms with van der Waals surface area (Å²) < 4.78 is 4.96. The summed E-state index contributed by atoms with van der Waals surface area (Å²) in [6.07, 6.45) is 1.73. The molecule has 0 unspecified atom stereocenters. The molecule has 0 spiro atoms. The molecule has 0 fully saturated rings. The van der Waals surface area contributed by atoms with Crippen LogP contribution in [0, 0.1) is 6.92 Å². The number of pyridine rings is 1. The third-order valence-electron chi connectivity index (χ3n) is 1.10. The maximum atomic E-state index is 4.96. The van der Waals surface area contributed by atoms with Gasteiger partial charge in [-0.3, -0.25) is 4.98 Å². The van der Waals surface area contributed by atoms with E-state index in [0.29, 0.717) is 0 Å². The molecule has 0 amide bonds. The van der Waals surface area contributed by atoms with E-state index in [9.17, 15) is 0 Å². The lowest BCUT2D eigenvalue weighted by atomic mass is 10.4. The van der Waals surface area contributed by atoms with Crippen molar-refractivity contribution >= 4 is 12.4 Å². The van der Waals surface area contributed by atoms with E-state index >= 15 is 0 Å². The van der Waals surface area contributed by atoms with E-state index in [2.05, 4.69) is 4.98 Å². The number of nitrogens with zero attached hydrogens (tertiary/aromatic N) is 1. The van der Waals surface area contributed by atoms with E-state index in [0.717, 1.165) is 11.4 Å². The summed E-state index contributed by atoms with van der Waals surface area (Å²) in [6, 6.07) is 3.72. The monoisotopic (exact) mass is 159 g/mol. The van der Waals surface area contributed by atoms with E-state index in [4.69, 9.17) is 4.74 Å². The van der Waals surface area contributed by atoms with Gasteiger partial charge in [0.1, 0.15) is 5.75 Å². The van der Waals surface area contributed by atoms with E-state index in [-0.39, 0.29) is 12.4 Å². The van der Waals surface area contributed by atoms with E-state index in [1.165, 1.54) is 0 Å². The van der Waals surface area contributed by atoms with Crippen molar-refractivity contribution in [2.24, 2.45) is 0 Å². The molecule has 1 aromatic rings. The summed E-state index contributed by atoms with van der Waals surface area (Å²) in [5.41, 5.74) is 0.981. The number of hydrogen-bond acceptors (Lipinski definition) is 2. The lowest BCUT2D eigenvalue weighted by Gasteiger charge is -1.97. The largest absolute Gasteiger partial charge is 0.497 e. The molecular weight excluding hydrogens is 150 g/mol. The summed E-state index contributed by atoms with van der Waals surface area (Å²) in [7, 11) is 1.65. The van der Waals surface area contributed by atoms with Crippen LogP contribution in [0.1, 0.15) is 5.69 Å². The van der Waals surface area contributed by atoms with E-state index < -0.39 is 0 Å². The first-order valence-corrected chi connectivity index (χ1v) is 2.79. The predicted molar refractivity (Wildman–Crippen MR) is 42.8 cm³/mol. The topological polar surface area (TPSA) is 22.1 Å². The van der Waals surface area contributed by atoms with Crippen LogP contribution in [0.25, 0.3) is 0 Å². The number of ether oxygens (including phenoxy) is 1. The second-order valence-corrected chi connectivity index (χ2v) is 1.84. The smallest absolute Gasteiger partial charge is 0.122 e. The van der Waals surface area contributed by atoms with Gasteiger partial charge in [0.15, 0.2) is 0 Å². The molecule has 1 rings (SSSR count). The van der Waals surface area contributed by atoms with Crippen molar-refractivity contribution in [2.75, 3.05) is 7.11 Å². The zero-order valence-corrected chi connectivity index (χ0v) is 6.81. The van der Waals surface area contributed by atoms with Crippen LogP contribution in [0.5, 0.6) is 5.75 Å². The molecule has 0 aliphatic carbocycles. The first-order valence-electron chi connectivity index (χ1n) is 2.79. The number of hydrogen-bond donors (Lipinski definition) is 0. The average molecular weight is 160 g/mol. The van der Waals surface area contributed by atoms with Crippen molar-refractivity contribution in [3.05, 3.63) is 24.0 Å². The first-order chi connectivity index (χ1) is 4.33. The van der Waals surface area contributed by atoms with Gasteiger partial charge in [0, 0.05) is 18.0 Å². The fraction of sp³-hybridized carbons (Fsp3) is 0.286. The number of aromatic nitrogens is 1. The number of halogens is 1. The Labute approximate surface area is 66.6 Å². The molecule has 3 heteroatoms. The summed E-state index contributed by atoms with van der Waals surface area (Å²) in [6.45, 7) is 1.93. The molecular formula is C7H10ClNO. The highest BCUT2D eigenvalue weighted by Crippen LogP contribution is 2.07. The summed E-state index contributed by atoms with van der Waals surface area (Å²) in [5, 5.41) is 0. The van der Waals surface area contributed by atoms with Gasteiger partial charge in [-0.05, 0) is 13.0 Å². The molecule has 10 heavy (non-hydrogen) atoms. The normalized spacial score (nSPS) is 8.20. The Hall–Kier alpha value is -0.760. The molecule has 1 aromatic heterocycles. The van der Waals surface area contributed by atoms with Crippen molar-refractivity contribution < 1.29 is 4.74 Å². The highest BCUT2D eigenvalue weighted by atomic mass is 35.5. The van der Waals surface area contributed by atoms with Gasteiger partial charge in [-0.25, -0.2) is 0 Å². The molecule has 0 aliphatic rings. The van der Waals surface area contributed by atoms with Crippen LogP contribution in [0.2, 0.25) is 0 Å². The fourth-order valence-corrected chi connectivity index (χ4v) is 0.647. The highest BCUT2D eigenvalue weighted by Gasteiger charge is 1.87. The predicted octanol–water partition coefficient (Wildman–Crippen LogP) is 1.82.